The molecule has 7 heteroatoms. The monoisotopic (exact) mass is 478 g/mol. The number of ether oxygens (including phenoxy) is 2. The van der Waals surface area contributed by atoms with Crippen LogP contribution in [0.5, 0.6) is 0 Å². The number of methoxy groups -OCH3 is 1. The maximum Gasteiger partial charge on any atom is 0.357 e. The van der Waals surface area contributed by atoms with E-state index in [0.29, 0.717) is 24.9 Å². The first-order valence-corrected chi connectivity index (χ1v) is 12.8. The SMILES string of the molecule is CCOC(=O)c1cc(-c2ccc(N(C)CCOC)cc2)c2c(C(C)C)nn(C3CCCCC3)c2n1. The minimum Gasteiger partial charge on any atom is -0.461 e. The van der Waals surface area contributed by atoms with Crippen LogP contribution in [0.3, 0.4) is 0 Å². The van der Waals surface area contributed by atoms with Gasteiger partial charge in [0.1, 0.15) is 0 Å². The highest BCUT2D eigenvalue weighted by atomic mass is 16.5. The number of carbonyl (C=O) groups is 1. The van der Waals surface area contributed by atoms with Gasteiger partial charge in [0.15, 0.2) is 11.3 Å². The molecule has 0 spiro atoms. The lowest BCUT2D eigenvalue weighted by atomic mass is 9.95. The first-order chi connectivity index (χ1) is 16.9. The van der Waals surface area contributed by atoms with Gasteiger partial charge in [-0.3, -0.25) is 0 Å². The van der Waals surface area contributed by atoms with Gasteiger partial charge >= 0.3 is 5.97 Å². The van der Waals surface area contributed by atoms with Gasteiger partial charge in [0.25, 0.3) is 0 Å². The molecule has 7 nitrogen and oxygen atoms in total. The zero-order valence-electron chi connectivity index (χ0n) is 21.7. The Bertz CT molecular complexity index is 1150. The average molecular weight is 479 g/mol. The van der Waals surface area contributed by atoms with Crippen molar-refractivity contribution in [2.45, 2.75) is 64.8 Å². The normalized spacial score (nSPS) is 14.6. The summed E-state index contributed by atoms with van der Waals surface area (Å²) in [5.74, 6) is -0.162. The topological polar surface area (TPSA) is 69.5 Å². The fourth-order valence-corrected chi connectivity index (χ4v) is 4.94. The number of benzene rings is 1. The Morgan fingerprint density at radius 3 is 2.51 bits per heavy atom. The molecule has 2 heterocycles. The van der Waals surface area contributed by atoms with Gasteiger partial charge in [0.05, 0.1) is 30.3 Å². The third kappa shape index (κ3) is 5.35. The second-order valence-corrected chi connectivity index (χ2v) is 9.71. The van der Waals surface area contributed by atoms with Crippen molar-refractivity contribution in [1.29, 1.82) is 0 Å². The van der Waals surface area contributed by atoms with Crippen LogP contribution in [0.2, 0.25) is 0 Å². The van der Waals surface area contributed by atoms with Crippen molar-refractivity contribution in [3.05, 3.63) is 41.7 Å². The minimum atomic E-state index is -0.394. The van der Waals surface area contributed by atoms with E-state index in [1.54, 1.807) is 7.11 Å². The summed E-state index contributed by atoms with van der Waals surface area (Å²) in [5.41, 5.74) is 5.30. The number of fused-ring (bicyclic) bond motifs is 1. The van der Waals surface area contributed by atoms with E-state index in [2.05, 4.69) is 54.7 Å². The fraction of sp³-hybridized carbons (Fsp3) is 0.536. The average Bonchev–Trinajstić information content (AvgIpc) is 3.27. The molecule has 0 amide bonds. The number of carbonyl (C=O) groups excluding carboxylic acids is 1. The molecule has 1 fully saturated rings. The van der Waals surface area contributed by atoms with Crippen LogP contribution in [0, 0.1) is 0 Å². The molecular weight excluding hydrogens is 440 g/mol. The summed E-state index contributed by atoms with van der Waals surface area (Å²) in [6, 6.07) is 10.6. The number of esters is 1. The van der Waals surface area contributed by atoms with Crippen LogP contribution in [0.4, 0.5) is 5.69 Å². The molecule has 2 aromatic heterocycles. The molecule has 4 rings (SSSR count). The van der Waals surface area contributed by atoms with Crippen LogP contribution >= 0.6 is 0 Å². The molecule has 0 bridgehead atoms. The van der Waals surface area contributed by atoms with Gasteiger partial charge in [-0.2, -0.15) is 5.10 Å². The predicted molar refractivity (Wildman–Crippen MR) is 140 cm³/mol. The first kappa shape index (κ1) is 25.2. The molecule has 188 valence electrons. The summed E-state index contributed by atoms with van der Waals surface area (Å²) in [6.07, 6.45) is 5.86. The van der Waals surface area contributed by atoms with E-state index >= 15 is 0 Å². The Kier molecular flexibility index (Phi) is 8.06. The van der Waals surface area contributed by atoms with Gasteiger partial charge in [0.2, 0.25) is 0 Å². The van der Waals surface area contributed by atoms with Crippen molar-refractivity contribution < 1.29 is 14.3 Å². The van der Waals surface area contributed by atoms with Gasteiger partial charge in [-0.05, 0) is 55.0 Å². The molecule has 0 saturated heterocycles. The quantitative estimate of drug-likeness (QED) is 0.352. The highest BCUT2D eigenvalue weighted by Gasteiger charge is 2.26. The van der Waals surface area contributed by atoms with Gasteiger partial charge < -0.3 is 14.4 Å². The van der Waals surface area contributed by atoms with Gasteiger partial charge in [0, 0.05) is 26.4 Å². The van der Waals surface area contributed by atoms with Crippen molar-refractivity contribution in [2.24, 2.45) is 0 Å². The van der Waals surface area contributed by atoms with E-state index in [4.69, 9.17) is 19.6 Å². The number of nitrogens with zero attached hydrogens (tertiary/aromatic N) is 4. The van der Waals surface area contributed by atoms with Gasteiger partial charge in [-0.1, -0.05) is 45.2 Å². The standard InChI is InChI=1S/C28H38N4O3/c1-6-35-28(33)24-18-23(20-12-14-21(15-13-20)31(4)16-17-34-5)25-26(19(2)3)30-32(27(25)29-24)22-10-8-7-9-11-22/h12-15,18-19,22H,6-11,16-17H2,1-5H3. The van der Waals surface area contributed by atoms with Gasteiger partial charge in [-0.25, -0.2) is 14.5 Å². The highest BCUT2D eigenvalue weighted by Crippen LogP contribution is 2.38. The maximum atomic E-state index is 12.8. The Hall–Kier alpha value is -2.93. The number of likely N-dealkylation sites (N-methyl/N-ethyl adjacent to an activating group) is 1. The molecule has 1 aliphatic carbocycles. The second-order valence-electron chi connectivity index (χ2n) is 9.71. The van der Waals surface area contributed by atoms with Crippen LogP contribution in [0.15, 0.2) is 30.3 Å². The Balaban J connectivity index is 1.87. The number of hydrogen-bond donors (Lipinski definition) is 0. The molecule has 35 heavy (non-hydrogen) atoms. The molecule has 0 radical (unpaired) electrons. The lowest BCUT2D eigenvalue weighted by molar-refractivity contribution is 0.0520. The summed E-state index contributed by atoms with van der Waals surface area (Å²) < 4.78 is 12.7. The van der Waals surface area contributed by atoms with Crippen molar-refractivity contribution in [1.82, 2.24) is 14.8 Å². The van der Waals surface area contributed by atoms with E-state index in [1.807, 2.05) is 13.0 Å². The summed E-state index contributed by atoms with van der Waals surface area (Å²) in [4.78, 5) is 19.8. The number of rotatable bonds is 9. The summed E-state index contributed by atoms with van der Waals surface area (Å²) >= 11 is 0. The fourth-order valence-electron chi connectivity index (χ4n) is 4.94. The van der Waals surface area contributed by atoms with E-state index in [0.717, 1.165) is 52.9 Å². The number of aromatic nitrogens is 3. The third-order valence-corrected chi connectivity index (χ3v) is 6.89. The van der Waals surface area contributed by atoms with E-state index in [9.17, 15) is 4.79 Å². The molecule has 0 aliphatic heterocycles. The van der Waals surface area contributed by atoms with Crippen molar-refractivity contribution in [2.75, 3.05) is 38.8 Å². The number of anilines is 1. The van der Waals surface area contributed by atoms with Crippen LogP contribution in [0.25, 0.3) is 22.2 Å². The molecule has 0 atom stereocenters. The largest absolute Gasteiger partial charge is 0.461 e. The van der Waals surface area contributed by atoms with Crippen LogP contribution in [-0.2, 0) is 9.47 Å². The smallest absolute Gasteiger partial charge is 0.357 e. The summed E-state index contributed by atoms with van der Waals surface area (Å²) in [6.45, 7) is 7.96. The lowest BCUT2D eigenvalue weighted by Crippen LogP contribution is -2.21. The molecule has 3 aromatic rings. The summed E-state index contributed by atoms with van der Waals surface area (Å²) in [5, 5.41) is 6.15. The van der Waals surface area contributed by atoms with E-state index in [-0.39, 0.29) is 5.92 Å². The summed E-state index contributed by atoms with van der Waals surface area (Å²) in [7, 11) is 3.77. The van der Waals surface area contributed by atoms with Crippen molar-refractivity contribution in [3.63, 3.8) is 0 Å². The second kappa shape index (κ2) is 11.2. The van der Waals surface area contributed by atoms with Gasteiger partial charge in [-0.15, -0.1) is 0 Å². The Morgan fingerprint density at radius 1 is 1.17 bits per heavy atom. The molecular formula is C28H38N4O3. The molecule has 1 aliphatic rings. The van der Waals surface area contributed by atoms with Crippen LogP contribution < -0.4 is 4.90 Å². The van der Waals surface area contributed by atoms with Crippen molar-refractivity contribution in [3.8, 4) is 11.1 Å². The maximum absolute atomic E-state index is 12.8. The van der Waals surface area contributed by atoms with Crippen LogP contribution in [0.1, 0.15) is 81.0 Å². The molecule has 1 saturated carbocycles. The lowest BCUT2D eigenvalue weighted by Gasteiger charge is -2.22. The zero-order chi connectivity index (χ0) is 24.9. The number of pyridine rings is 1. The van der Waals surface area contributed by atoms with E-state index < -0.39 is 5.97 Å². The Morgan fingerprint density at radius 2 is 1.89 bits per heavy atom. The van der Waals surface area contributed by atoms with Crippen molar-refractivity contribution >= 4 is 22.7 Å². The molecule has 1 aromatic carbocycles. The van der Waals surface area contributed by atoms with E-state index in [1.165, 1.54) is 19.3 Å². The zero-order valence-corrected chi connectivity index (χ0v) is 21.7. The first-order valence-electron chi connectivity index (χ1n) is 12.8. The Labute approximate surface area is 208 Å². The third-order valence-electron chi connectivity index (χ3n) is 6.89. The predicted octanol–water partition coefficient (Wildman–Crippen LogP) is 5.99. The molecule has 0 N–H and O–H groups in total. The minimum absolute atomic E-state index is 0.232. The number of hydrogen-bond acceptors (Lipinski definition) is 6. The molecule has 0 unspecified atom stereocenters. The van der Waals surface area contributed by atoms with Crippen LogP contribution in [-0.4, -0.2) is 54.6 Å². The highest BCUT2D eigenvalue weighted by molar-refractivity contribution is 6.00.